The average Bonchev–Trinajstić information content (AvgIpc) is 2.95. The minimum Gasteiger partial charge on any atom is -0.481 e. The van der Waals surface area contributed by atoms with E-state index in [0.29, 0.717) is 6.54 Å². The summed E-state index contributed by atoms with van der Waals surface area (Å²) in [5, 5.41) is 12.6. The van der Waals surface area contributed by atoms with Crippen LogP contribution in [0.4, 0.5) is 0 Å². The van der Waals surface area contributed by atoms with Gasteiger partial charge in [0.25, 0.3) is 0 Å². The molecule has 1 amide bonds. The zero-order chi connectivity index (χ0) is 15.6. The highest BCUT2D eigenvalue weighted by atomic mass is 35.5. The third kappa shape index (κ3) is 3.57. The third-order valence-corrected chi connectivity index (χ3v) is 5.36. The number of nitrogens with one attached hydrogen (secondary N) is 1. The van der Waals surface area contributed by atoms with Gasteiger partial charge in [0.15, 0.2) is 0 Å². The highest BCUT2D eigenvalue weighted by molar-refractivity contribution is 5.85. The summed E-state index contributed by atoms with van der Waals surface area (Å²) in [4.78, 5) is 26.0. The number of halogens is 1. The monoisotopic (exact) mass is 332 g/mol. The molecule has 2 aliphatic rings. The van der Waals surface area contributed by atoms with Crippen molar-refractivity contribution in [2.45, 2.75) is 65.0 Å². The zero-order valence-corrected chi connectivity index (χ0v) is 14.6. The van der Waals surface area contributed by atoms with Crippen LogP contribution in [0.15, 0.2) is 0 Å². The van der Waals surface area contributed by atoms with Crippen LogP contribution in [0.2, 0.25) is 0 Å². The summed E-state index contributed by atoms with van der Waals surface area (Å²) >= 11 is 0. The van der Waals surface area contributed by atoms with Crippen molar-refractivity contribution >= 4 is 24.3 Å². The van der Waals surface area contributed by atoms with Crippen LogP contribution in [-0.2, 0) is 9.59 Å². The van der Waals surface area contributed by atoms with Crippen molar-refractivity contribution in [3.63, 3.8) is 0 Å². The van der Waals surface area contributed by atoms with Gasteiger partial charge in [-0.3, -0.25) is 14.5 Å². The molecule has 2 fully saturated rings. The summed E-state index contributed by atoms with van der Waals surface area (Å²) in [6.07, 6.45) is 4.75. The second kappa shape index (κ2) is 7.64. The lowest BCUT2D eigenvalue weighted by atomic mass is 9.81. The maximum atomic E-state index is 12.3. The van der Waals surface area contributed by atoms with Gasteiger partial charge >= 0.3 is 5.97 Å². The number of fused-ring (bicyclic) bond motifs is 1. The molecule has 0 radical (unpaired) electrons. The minimum absolute atomic E-state index is 0. The molecule has 6 heteroatoms. The number of rotatable bonds is 6. The standard InChI is InChI=1S/C16H28N2O3.ClH/c1-4-6-11(2)17-14(19)12(3)18-9-13-7-5-8-16(13,10-18)15(20)21;/h11-13H,4-10H2,1-3H3,(H,17,19)(H,20,21);1H/t11?,12?,13-,16+;/m0./s1. The predicted octanol–water partition coefficient (Wildman–Crippen LogP) is 2.29. The fourth-order valence-electron chi connectivity index (χ4n) is 4.01. The van der Waals surface area contributed by atoms with Crippen molar-refractivity contribution in [1.29, 1.82) is 0 Å². The number of carboxylic acids is 1. The Morgan fingerprint density at radius 3 is 2.64 bits per heavy atom. The first-order chi connectivity index (χ1) is 9.90. The summed E-state index contributed by atoms with van der Waals surface area (Å²) < 4.78 is 0. The summed E-state index contributed by atoms with van der Waals surface area (Å²) in [6.45, 7) is 7.27. The normalized spacial score (nSPS) is 30.2. The Hall–Kier alpha value is -0.810. The van der Waals surface area contributed by atoms with Gasteiger partial charge < -0.3 is 10.4 Å². The van der Waals surface area contributed by atoms with Crippen molar-refractivity contribution in [2.75, 3.05) is 13.1 Å². The number of carbonyl (C=O) groups excluding carboxylic acids is 1. The topological polar surface area (TPSA) is 69.6 Å². The van der Waals surface area contributed by atoms with Crippen molar-refractivity contribution in [2.24, 2.45) is 11.3 Å². The second-order valence-corrected chi connectivity index (χ2v) is 6.85. The Kier molecular flexibility index (Phi) is 6.68. The number of carbonyl (C=O) groups is 2. The van der Waals surface area contributed by atoms with Crippen LogP contribution in [0, 0.1) is 11.3 Å². The van der Waals surface area contributed by atoms with Gasteiger partial charge in [0.2, 0.25) is 5.91 Å². The molecular formula is C16H29ClN2O3. The number of carboxylic acid groups (broad SMARTS) is 1. The summed E-state index contributed by atoms with van der Waals surface area (Å²) in [7, 11) is 0. The van der Waals surface area contributed by atoms with E-state index in [-0.39, 0.29) is 36.3 Å². The van der Waals surface area contributed by atoms with E-state index in [4.69, 9.17) is 0 Å². The first kappa shape index (κ1) is 19.2. The largest absolute Gasteiger partial charge is 0.481 e. The molecule has 128 valence electrons. The Balaban J connectivity index is 0.00000242. The molecule has 5 nitrogen and oxygen atoms in total. The van der Waals surface area contributed by atoms with Crippen LogP contribution in [0.25, 0.3) is 0 Å². The zero-order valence-electron chi connectivity index (χ0n) is 13.8. The SMILES string of the molecule is CCCC(C)NC(=O)C(C)N1C[C@@H]2CCC[C@@]2(C(=O)O)C1.Cl. The molecule has 2 rings (SSSR count). The van der Waals surface area contributed by atoms with Gasteiger partial charge in [0.05, 0.1) is 11.5 Å². The maximum Gasteiger partial charge on any atom is 0.311 e. The first-order valence-electron chi connectivity index (χ1n) is 8.18. The quantitative estimate of drug-likeness (QED) is 0.783. The van der Waals surface area contributed by atoms with Crippen LogP contribution in [-0.4, -0.2) is 47.1 Å². The number of nitrogens with zero attached hydrogens (tertiary/aromatic N) is 1. The molecular weight excluding hydrogens is 304 g/mol. The lowest BCUT2D eigenvalue weighted by molar-refractivity contribution is -0.149. The average molecular weight is 333 g/mol. The molecule has 2 unspecified atom stereocenters. The molecule has 0 aromatic rings. The van der Waals surface area contributed by atoms with Gasteiger partial charge in [-0.2, -0.15) is 0 Å². The molecule has 0 bridgehead atoms. The Morgan fingerprint density at radius 2 is 2.09 bits per heavy atom. The summed E-state index contributed by atoms with van der Waals surface area (Å²) in [6, 6.07) is -0.0633. The Labute approximate surface area is 139 Å². The first-order valence-corrected chi connectivity index (χ1v) is 8.18. The van der Waals surface area contributed by atoms with E-state index < -0.39 is 11.4 Å². The van der Waals surface area contributed by atoms with Crippen LogP contribution in [0.1, 0.15) is 52.9 Å². The maximum absolute atomic E-state index is 12.3. The lowest BCUT2D eigenvalue weighted by Crippen LogP contribution is -2.48. The van der Waals surface area contributed by atoms with E-state index >= 15 is 0 Å². The lowest BCUT2D eigenvalue weighted by Gasteiger charge is -2.27. The van der Waals surface area contributed by atoms with Crippen LogP contribution in [0.3, 0.4) is 0 Å². The Bertz CT molecular complexity index is 418. The fraction of sp³-hybridized carbons (Fsp3) is 0.875. The molecule has 1 heterocycles. The van der Waals surface area contributed by atoms with Crippen molar-refractivity contribution < 1.29 is 14.7 Å². The molecule has 1 aliphatic carbocycles. The van der Waals surface area contributed by atoms with E-state index in [9.17, 15) is 14.7 Å². The fourth-order valence-corrected chi connectivity index (χ4v) is 4.01. The van der Waals surface area contributed by atoms with Gasteiger partial charge in [-0.1, -0.05) is 19.8 Å². The molecule has 1 aliphatic heterocycles. The molecule has 0 aromatic heterocycles. The Morgan fingerprint density at radius 1 is 1.41 bits per heavy atom. The van der Waals surface area contributed by atoms with Crippen LogP contribution >= 0.6 is 12.4 Å². The second-order valence-electron chi connectivity index (χ2n) is 6.85. The van der Waals surface area contributed by atoms with E-state index in [1.807, 2.05) is 13.8 Å². The summed E-state index contributed by atoms with van der Waals surface area (Å²) in [5.74, 6) is -0.450. The van der Waals surface area contributed by atoms with Gasteiger partial charge in [0, 0.05) is 19.1 Å². The molecule has 1 saturated carbocycles. The molecule has 22 heavy (non-hydrogen) atoms. The molecule has 2 N–H and O–H groups in total. The predicted molar refractivity (Wildman–Crippen MR) is 88.2 cm³/mol. The van der Waals surface area contributed by atoms with Gasteiger partial charge in [0.1, 0.15) is 0 Å². The smallest absolute Gasteiger partial charge is 0.311 e. The van der Waals surface area contributed by atoms with Crippen LogP contribution < -0.4 is 5.32 Å². The number of hydrogen-bond donors (Lipinski definition) is 2. The minimum atomic E-state index is -0.681. The van der Waals surface area contributed by atoms with E-state index in [1.54, 1.807) is 0 Å². The molecule has 0 aromatic carbocycles. The highest BCUT2D eigenvalue weighted by Gasteiger charge is 2.55. The van der Waals surface area contributed by atoms with E-state index in [1.165, 1.54) is 0 Å². The van der Waals surface area contributed by atoms with Crippen LogP contribution in [0.5, 0.6) is 0 Å². The third-order valence-electron chi connectivity index (χ3n) is 5.36. The van der Waals surface area contributed by atoms with Crippen molar-refractivity contribution in [3.05, 3.63) is 0 Å². The van der Waals surface area contributed by atoms with E-state index in [2.05, 4.69) is 17.1 Å². The molecule has 4 atom stereocenters. The summed E-state index contributed by atoms with van der Waals surface area (Å²) in [5.41, 5.74) is -0.608. The van der Waals surface area contributed by atoms with E-state index in [0.717, 1.165) is 38.6 Å². The molecule has 1 saturated heterocycles. The van der Waals surface area contributed by atoms with Crippen molar-refractivity contribution in [1.82, 2.24) is 10.2 Å². The number of hydrogen-bond acceptors (Lipinski definition) is 3. The number of likely N-dealkylation sites (tertiary alicyclic amines) is 1. The van der Waals surface area contributed by atoms with Gasteiger partial charge in [-0.15, -0.1) is 12.4 Å². The molecule has 0 spiro atoms. The highest BCUT2D eigenvalue weighted by Crippen LogP contribution is 2.49. The van der Waals surface area contributed by atoms with Gasteiger partial charge in [-0.25, -0.2) is 0 Å². The number of aliphatic carboxylic acids is 1. The number of amides is 1. The van der Waals surface area contributed by atoms with Crippen molar-refractivity contribution in [3.8, 4) is 0 Å². The van der Waals surface area contributed by atoms with Gasteiger partial charge in [-0.05, 0) is 39.0 Å².